The molecular formula is C11H13BrClN3O2. The quantitative estimate of drug-likeness (QED) is 0.902. The zero-order valence-electron chi connectivity index (χ0n) is 9.82. The van der Waals surface area contributed by atoms with Crippen LogP contribution in [0.1, 0.15) is 6.42 Å². The van der Waals surface area contributed by atoms with Gasteiger partial charge in [-0.05, 0) is 28.4 Å². The van der Waals surface area contributed by atoms with E-state index in [0.29, 0.717) is 11.6 Å². The molecule has 0 aromatic carbocycles. The van der Waals surface area contributed by atoms with Crippen LogP contribution in [-0.4, -0.2) is 37.3 Å². The molecule has 7 heteroatoms. The monoisotopic (exact) mass is 333 g/mol. The van der Waals surface area contributed by atoms with Crippen molar-refractivity contribution in [3.05, 3.63) is 21.8 Å². The average molecular weight is 335 g/mol. The van der Waals surface area contributed by atoms with E-state index in [-0.39, 0.29) is 6.04 Å². The van der Waals surface area contributed by atoms with Crippen LogP contribution in [0.15, 0.2) is 16.7 Å². The smallest absolute Gasteiger partial charge is 0.407 e. The Balaban J connectivity index is 2.02. The first kappa shape index (κ1) is 13.4. The molecule has 1 amide bonds. The number of hydrogen-bond acceptors (Lipinski definition) is 4. The molecule has 0 bridgehead atoms. The van der Waals surface area contributed by atoms with Gasteiger partial charge in [0.25, 0.3) is 0 Å². The van der Waals surface area contributed by atoms with Gasteiger partial charge in [0.1, 0.15) is 5.82 Å². The summed E-state index contributed by atoms with van der Waals surface area (Å²) in [6.45, 7) is 1.49. The molecule has 1 aliphatic heterocycles. The Bertz CT molecular complexity index is 458. The Morgan fingerprint density at radius 1 is 1.72 bits per heavy atom. The van der Waals surface area contributed by atoms with Gasteiger partial charge in [-0.1, -0.05) is 11.6 Å². The summed E-state index contributed by atoms with van der Waals surface area (Å²) in [6.07, 6.45) is 2.16. The number of pyridine rings is 1. The highest BCUT2D eigenvalue weighted by atomic mass is 79.9. The van der Waals surface area contributed by atoms with Crippen LogP contribution in [0.2, 0.25) is 5.02 Å². The van der Waals surface area contributed by atoms with Crippen molar-refractivity contribution in [2.24, 2.45) is 0 Å². The van der Waals surface area contributed by atoms with Crippen molar-refractivity contribution in [2.75, 3.05) is 25.1 Å². The zero-order chi connectivity index (χ0) is 13.1. The summed E-state index contributed by atoms with van der Waals surface area (Å²) in [6, 6.07) is 1.88. The molecule has 1 saturated heterocycles. The van der Waals surface area contributed by atoms with E-state index in [4.69, 9.17) is 11.6 Å². The van der Waals surface area contributed by atoms with Crippen LogP contribution >= 0.6 is 27.5 Å². The minimum absolute atomic E-state index is 0.0685. The number of aromatic nitrogens is 1. The van der Waals surface area contributed by atoms with E-state index < -0.39 is 6.09 Å². The average Bonchev–Trinajstić information content (AvgIpc) is 2.77. The van der Waals surface area contributed by atoms with Crippen molar-refractivity contribution in [1.82, 2.24) is 10.3 Å². The largest absolute Gasteiger partial charge is 0.453 e. The van der Waals surface area contributed by atoms with E-state index >= 15 is 0 Å². The Morgan fingerprint density at radius 3 is 3.17 bits per heavy atom. The molecule has 2 heterocycles. The molecule has 1 N–H and O–H groups in total. The molecule has 0 radical (unpaired) electrons. The third-order valence-electron chi connectivity index (χ3n) is 2.78. The lowest BCUT2D eigenvalue weighted by atomic mass is 10.3. The highest BCUT2D eigenvalue weighted by Gasteiger charge is 2.26. The molecule has 1 aromatic rings. The lowest BCUT2D eigenvalue weighted by Gasteiger charge is -2.18. The second kappa shape index (κ2) is 5.75. The molecule has 2 rings (SSSR count). The van der Waals surface area contributed by atoms with Gasteiger partial charge in [-0.2, -0.15) is 0 Å². The molecule has 5 nitrogen and oxygen atoms in total. The normalized spacial score (nSPS) is 18.8. The number of nitrogens with zero attached hydrogens (tertiary/aromatic N) is 2. The van der Waals surface area contributed by atoms with Gasteiger partial charge < -0.3 is 15.0 Å². The number of anilines is 1. The minimum Gasteiger partial charge on any atom is -0.453 e. The number of carbonyl (C=O) groups is 1. The fraction of sp³-hybridized carbons (Fsp3) is 0.455. The first-order valence-corrected chi connectivity index (χ1v) is 6.67. The fourth-order valence-corrected chi connectivity index (χ4v) is 2.69. The number of alkyl carbamates (subject to hydrolysis) is 1. The van der Waals surface area contributed by atoms with E-state index in [2.05, 4.69) is 35.9 Å². The predicted octanol–water partition coefficient (Wildman–Crippen LogP) is 2.43. The van der Waals surface area contributed by atoms with E-state index in [1.165, 1.54) is 7.11 Å². The summed E-state index contributed by atoms with van der Waals surface area (Å²) in [5.41, 5.74) is 0. The summed E-state index contributed by atoms with van der Waals surface area (Å²) in [5.74, 6) is 0.744. The van der Waals surface area contributed by atoms with Crippen LogP contribution in [0.25, 0.3) is 0 Å². The van der Waals surface area contributed by atoms with Crippen LogP contribution in [-0.2, 0) is 4.74 Å². The van der Waals surface area contributed by atoms with Gasteiger partial charge in [-0.25, -0.2) is 9.78 Å². The number of hydrogen-bond donors (Lipinski definition) is 1. The van der Waals surface area contributed by atoms with Crippen molar-refractivity contribution >= 4 is 39.4 Å². The molecule has 1 unspecified atom stereocenters. The van der Waals surface area contributed by atoms with Crippen LogP contribution < -0.4 is 10.2 Å². The Morgan fingerprint density at radius 2 is 2.50 bits per heavy atom. The van der Waals surface area contributed by atoms with Crippen molar-refractivity contribution in [3.63, 3.8) is 0 Å². The third kappa shape index (κ3) is 3.05. The topological polar surface area (TPSA) is 54.5 Å². The number of ether oxygens (including phenoxy) is 1. The summed E-state index contributed by atoms with van der Waals surface area (Å²) in [5, 5.41) is 3.38. The summed E-state index contributed by atoms with van der Waals surface area (Å²) in [7, 11) is 1.36. The molecule has 18 heavy (non-hydrogen) atoms. The minimum atomic E-state index is -0.406. The number of nitrogens with one attached hydrogen (secondary N) is 1. The number of halogens is 2. The fourth-order valence-electron chi connectivity index (χ4n) is 1.94. The van der Waals surface area contributed by atoms with Crippen LogP contribution in [0.3, 0.4) is 0 Å². The van der Waals surface area contributed by atoms with Crippen molar-refractivity contribution < 1.29 is 9.53 Å². The van der Waals surface area contributed by atoms with Gasteiger partial charge in [0, 0.05) is 23.8 Å². The molecule has 0 aliphatic carbocycles. The molecule has 1 aromatic heterocycles. The molecule has 0 saturated carbocycles. The molecule has 1 aliphatic rings. The van der Waals surface area contributed by atoms with Gasteiger partial charge in [-0.3, -0.25) is 0 Å². The zero-order valence-corrected chi connectivity index (χ0v) is 12.2. The summed E-state index contributed by atoms with van der Waals surface area (Å²) in [4.78, 5) is 17.5. The Hall–Kier alpha value is -1.01. The second-order valence-corrected chi connectivity index (χ2v) is 5.35. The number of carbonyl (C=O) groups excluding carboxylic acids is 1. The van der Waals surface area contributed by atoms with E-state index in [0.717, 1.165) is 23.3 Å². The second-order valence-electron chi connectivity index (χ2n) is 4.03. The van der Waals surface area contributed by atoms with Crippen molar-refractivity contribution in [1.29, 1.82) is 0 Å². The highest BCUT2D eigenvalue weighted by molar-refractivity contribution is 9.10. The van der Waals surface area contributed by atoms with Crippen LogP contribution in [0, 0.1) is 0 Å². The molecule has 98 valence electrons. The molecule has 0 spiro atoms. The SMILES string of the molecule is COC(=O)NC1CCN(c2ncc(Br)cc2Cl)C1. The molecule has 1 fully saturated rings. The maximum absolute atomic E-state index is 11.1. The molecular weight excluding hydrogens is 321 g/mol. The first-order valence-electron chi connectivity index (χ1n) is 5.50. The van der Waals surface area contributed by atoms with Crippen LogP contribution in [0.5, 0.6) is 0 Å². The highest BCUT2D eigenvalue weighted by Crippen LogP contribution is 2.28. The third-order valence-corrected chi connectivity index (χ3v) is 3.50. The van der Waals surface area contributed by atoms with Crippen molar-refractivity contribution in [2.45, 2.75) is 12.5 Å². The summed E-state index contributed by atoms with van der Waals surface area (Å²) < 4.78 is 5.42. The lowest BCUT2D eigenvalue weighted by Crippen LogP contribution is -2.37. The van der Waals surface area contributed by atoms with E-state index in [9.17, 15) is 4.79 Å². The Kier molecular flexibility index (Phi) is 4.29. The number of rotatable bonds is 2. The van der Waals surface area contributed by atoms with Gasteiger partial charge >= 0.3 is 6.09 Å². The van der Waals surface area contributed by atoms with Gasteiger partial charge in [0.05, 0.1) is 18.2 Å². The number of amides is 1. The lowest BCUT2D eigenvalue weighted by molar-refractivity contribution is 0.167. The van der Waals surface area contributed by atoms with Gasteiger partial charge in [-0.15, -0.1) is 0 Å². The molecule has 1 atom stereocenters. The van der Waals surface area contributed by atoms with Crippen LogP contribution in [0.4, 0.5) is 10.6 Å². The standard InChI is InChI=1S/C11H13BrClN3O2/c1-18-11(17)15-8-2-3-16(6-8)10-9(13)4-7(12)5-14-10/h4-5,8H,2-3,6H2,1H3,(H,15,17). The van der Waals surface area contributed by atoms with E-state index in [1.807, 2.05) is 6.07 Å². The maximum atomic E-state index is 11.1. The van der Waals surface area contributed by atoms with Crippen molar-refractivity contribution in [3.8, 4) is 0 Å². The van der Waals surface area contributed by atoms with Gasteiger partial charge in [0.2, 0.25) is 0 Å². The van der Waals surface area contributed by atoms with E-state index in [1.54, 1.807) is 6.20 Å². The van der Waals surface area contributed by atoms with Gasteiger partial charge in [0.15, 0.2) is 0 Å². The maximum Gasteiger partial charge on any atom is 0.407 e. The summed E-state index contributed by atoms with van der Waals surface area (Å²) >= 11 is 9.46. The Labute approximate surface area is 119 Å². The number of methoxy groups -OCH3 is 1. The first-order chi connectivity index (χ1) is 8.60. The predicted molar refractivity (Wildman–Crippen MR) is 73.1 cm³/mol.